The molecule has 1 heterocycles. The normalized spacial score (nSPS) is 19.7. The van der Waals surface area contributed by atoms with E-state index in [0.717, 1.165) is 0 Å². The first-order valence-corrected chi connectivity index (χ1v) is 6.65. The SMILES string of the molecule is CC.Cc1cccc(N(C)C2CCN(C)C2)c1. The van der Waals surface area contributed by atoms with Gasteiger partial charge in [-0.05, 0) is 44.6 Å². The molecule has 1 saturated heterocycles. The molecule has 1 unspecified atom stereocenters. The summed E-state index contributed by atoms with van der Waals surface area (Å²) >= 11 is 0. The van der Waals surface area contributed by atoms with Gasteiger partial charge < -0.3 is 9.80 Å². The molecule has 0 radical (unpaired) electrons. The Balaban J connectivity index is 0.000000686. The summed E-state index contributed by atoms with van der Waals surface area (Å²) in [5, 5.41) is 0. The molecule has 2 nitrogen and oxygen atoms in total. The van der Waals surface area contributed by atoms with E-state index in [-0.39, 0.29) is 0 Å². The summed E-state index contributed by atoms with van der Waals surface area (Å²) < 4.78 is 0. The molecule has 2 heteroatoms. The van der Waals surface area contributed by atoms with Gasteiger partial charge in [-0.1, -0.05) is 26.0 Å². The number of likely N-dealkylation sites (N-methyl/N-ethyl adjacent to an activating group) is 2. The predicted octanol–water partition coefficient (Wildman–Crippen LogP) is 3.16. The second kappa shape index (κ2) is 6.65. The average Bonchev–Trinajstić information content (AvgIpc) is 2.77. The molecule has 1 aliphatic heterocycles. The molecule has 0 amide bonds. The van der Waals surface area contributed by atoms with E-state index in [4.69, 9.17) is 0 Å². The Morgan fingerprint density at radius 1 is 1.29 bits per heavy atom. The fourth-order valence-electron chi connectivity index (χ4n) is 2.29. The van der Waals surface area contributed by atoms with E-state index in [1.807, 2.05) is 13.8 Å². The van der Waals surface area contributed by atoms with Gasteiger partial charge in [0.25, 0.3) is 0 Å². The van der Waals surface area contributed by atoms with Gasteiger partial charge in [-0.25, -0.2) is 0 Å². The number of likely N-dealkylation sites (tertiary alicyclic amines) is 1. The summed E-state index contributed by atoms with van der Waals surface area (Å²) in [7, 11) is 4.41. The van der Waals surface area contributed by atoms with Gasteiger partial charge in [0.1, 0.15) is 0 Å². The summed E-state index contributed by atoms with van der Waals surface area (Å²) in [6.45, 7) is 8.56. The van der Waals surface area contributed by atoms with Crippen molar-refractivity contribution in [3.63, 3.8) is 0 Å². The Kier molecular flexibility index (Phi) is 5.49. The maximum Gasteiger partial charge on any atom is 0.0425 e. The highest BCUT2D eigenvalue weighted by Crippen LogP contribution is 2.21. The molecule has 0 N–H and O–H groups in total. The third-order valence-corrected chi connectivity index (χ3v) is 3.32. The van der Waals surface area contributed by atoms with Crippen molar-refractivity contribution in [2.24, 2.45) is 0 Å². The second-order valence-electron chi connectivity index (χ2n) is 4.65. The molecule has 1 aromatic rings. The van der Waals surface area contributed by atoms with Gasteiger partial charge in [0, 0.05) is 25.3 Å². The maximum atomic E-state index is 2.41. The molecule has 1 fully saturated rings. The molecule has 0 spiro atoms. The topological polar surface area (TPSA) is 6.48 Å². The van der Waals surface area contributed by atoms with E-state index in [9.17, 15) is 0 Å². The summed E-state index contributed by atoms with van der Waals surface area (Å²) in [4.78, 5) is 4.81. The third-order valence-electron chi connectivity index (χ3n) is 3.32. The smallest absolute Gasteiger partial charge is 0.0425 e. The minimum absolute atomic E-state index is 0.678. The minimum atomic E-state index is 0.678. The fourth-order valence-corrected chi connectivity index (χ4v) is 2.29. The lowest BCUT2D eigenvalue weighted by Gasteiger charge is -2.26. The van der Waals surface area contributed by atoms with Crippen LogP contribution in [0.4, 0.5) is 5.69 Å². The zero-order chi connectivity index (χ0) is 12.8. The summed E-state index contributed by atoms with van der Waals surface area (Å²) in [6.07, 6.45) is 1.28. The largest absolute Gasteiger partial charge is 0.370 e. The number of hydrogen-bond acceptors (Lipinski definition) is 2. The number of aryl methyl sites for hydroxylation is 1. The van der Waals surface area contributed by atoms with Gasteiger partial charge >= 0.3 is 0 Å². The van der Waals surface area contributed by atoms with Crippen LogP contribution in [0.15, 0.2) is 24.3 Å². The van der Waals surface area contributed by atoms with Crippen LogP contribution in [0.1, 0.15) is 25.8 Å². The molecule has 1 atom stereocenters. The number of benzene rings is 1. The quantitative estimate of drug-likeness (QED) is 0.775. The summed E-state index contributed by atoms with van der Waals surface area (Å²) in [5.74, 6) is 0. The average molecular weight is 234 g/mol. The maximum absolute atomic E-state index is 2.41. The molecule has 0 bridgehead atoms. The second-order valence-corrected chi connectivity index (χ2v) is 4.65. The highest BCUT2D eigenvalue weighted by Gasteiger charge is 2.23. The molecule has 0 saturated carbocycles. The van der Waals surface area contributed by atoms with E-state index in [2.05, 4.69) is 55.1 Å². The first-order chi connectivity index (χ1) is 8.16. The van der Waals surface area contributed by atoms with E-state index in [1.165, 1.54) is 30.8 Å². The van der Waals surface area contributed by atoms with Crippen LogP contribution >= 0.6 is 0 Å². The zero-order valence-corrected chi connectivity index (χ0v) is 11.9. The van der Waals surface area contributed by atoms with Crippen LogP contribution in [0, 0.1) is 6.92 Å². The lowest BCUT2D eigenvalue weighted by atomic mass is 10.1. The molecule has 96 valence electrons. The first kappa shape index (κ1) is 14.0. The minimum Gasteiger partial charge on any atom is -0.370 e. The van der Waals surface area contributed by atoms with Gasteiger partial charge in [-0.3, -0.25) is 0 Å². The lowest BCUT2D eigenvalue weighted by molar-refractivity contribution is 0.409. The van der Waals surface area contributed by atoms with Crippen molar-refractivity contribution in [2.45, 2.75) is 33.2 Å². The van der Waals surface area contributed by atoms with Crippen LogP contribution in [-0.4, -0.2) is 38.1 Å². The van der Waals surface area contributed by atoms with E-state index in [0.29, 0.717) is 6.04 Å². The van der Waals surface area contributed by atoms with Crippen molar-refractivity contribution in [3.8, 4) is 0 Å². The Morgan fingerprint density at radius 3 is 2.53 bits per heavy atom. The molecule has 0 aliphatic carbocycles. The summed E-state index contributed by atoms with van der Waals surface area (Å²) in [5.41, 5.74) is 2.68. The zero-order valence-electron chi connectivity index (χ0n) is 11.9. The van der Waals surface area contributed by atoms with Crippen molar-refractivity contribution in [1.82, 2.24) is 4.90 Å². The van der Waals surface area contributed by atoms with Crippen molar-refractivity contribution >= 4 is 5.69 Å². The standard InChI is InChI=1S/C13H20N2.C2H6/c1-11-5-4-6-12(9-11)15(3)13-7-8-14(2)10-13;1-2/h4-6,9,13H,7-8,10H2,1-3H3;1-2H3. The number of nitrogens with zero attached hydrogens (tertiary/aromatic N) is 2. The molecule has 1 aromatic carbocycles. The van der Waals surface area contributed by atoms with Crippen molar-refractivity contribution < 1.29 is 0 Å². The van der Waals surface area contributed by atoms with Crippen LogP contribution in [-0.2, 0) is 0 Å². The van der Waals surface area contributed by atoms with Gasteiger partial charge in [0.15, 0.2) is 0 Å². The van der Waals surface area contributed by atoms with E-state index in [1.54, 1.807) is 0 Å². The van der Waals surface area contributed by atoms with Gasteiger partial charge in [-0.15, -0.1) is 0 Å². The fraction of sp³-hybridized carbons (Fsp3) is 0.600. The molecule has 1 aliphatic rings. The Hall–Kier alpha value is -1.02. The van der Waals surface area contributed by atoms with Gasteiger partial charge in [0.05, 0.1) is 0 Å². The number of hydrogen-bond donors (Lipinski definition) is 0. The van der Waals surface area contributed by atoms with Crippen LogP contribution < -0.4 is 4.90 Å². The Morgan fingerprint density at radius 2 is 2.00 bits per heavy atom. The molecule has 0 aromatic heterocycles. The van der Waals surface area contributed by atoms with Crippen molar-refractivity contribution in [1.29, 1.82) is 0 Å². The Bertz CT molecular complexity index is 335. The van der Waals surface area contributed by atoms with Crippen LogP contribution in [0.2, 0.25) is 0 Å². The van der Waals surface area contributed by atoms with Crippen LogP contribution in [0.25, 0.3) is 0 Å². The molecular formula is C15H26N2. The first-order valence-electron chi connectivity index (χ1n) is 6.65. The van der Waals surface area contributed by atoms with Crippen LogP contribution in [0.3, 0.4) is 0 Å². The van der Waals surface area contributed by atoms with Crippen molar-refractivity contribution in [2.75, 3.05) is 32.1 Å². The van der Waals surface area contributed by atoms with E-state index < -0.39 is 0 Å². The summed E-state index contributed by atoms with van der Waals surface area (Å²) in [6, 6.07) is 9.43. The lowest BCUT2D eigenvalue weighted by Crippen LogP contribution is -2.33. The van der Waals surface area contributed by atoms with Crippen LogP contribution in [0.5, 0.6) is 0 Å². The van der Waals surface area contributed by atoms with Gasteiger partial charge in [-0.2, -0.15) is 0 Å². The highest BCUT2D eigenvalue weighted by atomic mass is 15.2. The molecular weight excluding hydrogens is 208 g/mol. The third kappa shape index (κ3) is 3.74. The predicted molar refractivity (Wildman–Crippen MR) is 76.8 cm³/mol. The molecule has 17 heavy (non-hydrogen) atoms. The van der Waals surface area contributed by atoms with Gasteiger partial charge in [0.2, 0.25) is 0 Å². The van der Waals surface area contributed by atoms with Crippen molar-refractivity contribution in [3.05, 3.63) is 29.8 Å². The molecule has 2 rings (SSSR count). The van der Waals surface area contributed by atoms with E-state index >= 15 is 0 Å². The number of rotatable bonds is 2. The Labute approximate surface area is 106 Å². The highest BCUT2D eigenvalue weighted by molar-refractivity contribution is 5.48. The number of anilines is 1. The monoisotopic (exact) mass is 234 g/mol.